The Bertz CT molecular complexity index is 297. The Morgan fingerprint density at radius 2 is 2.54 bits per heavy atom. The molecule has 2 nitrogen and oxygen atoms in total. The summed E-state index contributed by atoms with van der Waals surface area (Å²) in [5.41, 5.74) is 0. The van der Waals surface area contributed by atoms with Crippen molar-refractivity contribution in [3.05, 3.63) is 11.6 Å². The van der Waals surface area contributed by atoms with Gasteiger partial charge in [-0.1, -0.05) is 18.7 Å². The summed E-state index contributed by atoms with van der Waals surface area (Å²) in [6, 6.07) is 0. The van der Waals surface area contributed by atoms with E-state index in [4.69, 9.17) is 0 Å². The first-order valence-corrected chi connectivity index (χ1v) is 6.12. The van der Waals surface area contributed by atoms with Crippen LogP contribution in [0.3, 0.4) is 0 Å². The average molecular weight is 213 g/mol. The number of thioether (sulfide) groups is 1. The molecule has 70 valence electrons. The first kappa shape index (κ1) is 9.21. The van der Waals surface area contributed by atoms with Gasteiger partial charge in [-0.3, -0.25) is 4.79 Å². The maximum Gasteiger partial charge on any atom is 0.150 e. The summed E-state index contributed by atoms with van der Waals surface area (Å²) in [6.45, 7) is 2.03. The van der Waals surface area contributed by atoms with Gasteiger partial charge in [-0.2, -0.15) is 0 Å². The molecule has 2 rings (SSSR count). The van der Waals surface area contributed by atoms with E-state index in [9.17, 15) is 4.79 Å². The topological polar surface area (TPSA) is 30.0 Å². The first-order valence-electron chi connectivity index (χ1n) is 4.36. The highest BCUT2D eigenvalue weighted by molar-refractivity contribution is 8.01. The Kier molecular flexibility index (Phi) is 2.69. The van der Waals surface area contributed by atoms with E-state index in [1.165, 1.54) is 0 Å². The van der Waals surface area contributed by atoms with Crippen LogP contribution in [0.4, 0.5) is 0 Å². The molecule has 1 aliphatic carbocycles. The molecule has 1 aromatic rings. The van der Waals surface area contributed by atoms with Gasteiger partial charge in [-0.15, -0.1) is 11.3 Å². The van der Waals surface area contributed by atoms with Gasteiger partial charge in [0.15, 0.2) is 0 Å². The Labute approximate surface area is 85.8 Å². The lowest BCUT2D eigenvalue weighted by molar-refractivity contribution is -0.120. The van der Waals surface area contributed by atoms with Gasteiger partial charge >= 0.3 is 0 Å². The fourth-order valence-corrected chi connectivity index (χ4v) is 3.62. The van der Waals surface area contributed by atoms with Crippen molar-refractivity contribution in [3.63, 3.8) is 0 Å². The van der Waals surface area contributed by atoms with Crippen LogP contribution in [0.2, 0.25) is 0 Å². The molecule has 0 aromatic carbocycles. The van der Waals surface area contributed by atoms with Crippen LogP contribution in [0.15, 0.2) is 15.9 Å². The van der Waals surface area contributed by atoms with Crippen LogP contribution in [0.1, 0.15) is 19.8 Å². The van der Waals surface area contributed by atoms with E-state index in [0.29, 0.717) is 11.0 Å². The summed E-state index contributed by atoms with van der Waals surface area (Å²) in [5, 5.41) is 2.43. The quantitative estimate of drug-likeness (QED) is 0.756. The Hall–Kier alpha value is -0.350. The number of rotatable bonds is 2. The maximum absolute atomic E-state index is 11.3. The molecule has 2 atom stereocenters. The summed E-state index contributed by atoms with van der Waals surface area (Å²) in [5.74, 6) is 0.628. The molecule has 1 fully saturated rings. The molecule has 13 heavy (non-hydrogen) atoms. The molecule has 0 spiro atoms. The third kappa shape index (κ3) is 1.94. The van der Waals surface area contributed by atoms with Crippen molar-refractivity contribution in [1.82, 2.24) is 4.98 Å². The van der Waals surface area contributed by atoms with Crippen LogP contribution in [0.25, 0.3) is 0 Å². The normalized spacial score (nSPS) is 28.2. The highest BCUT2D eigenvalue weighted by Gasteiger charge is 2.31. The van der Waals surface area contributed by atoms with E-state index in [1.54, 1.807) is 23.1 Å². The molecule has 0 aliphatic heterocycles. The van der Waals surface area contributed by atoms with Crippen molar-refractivity contribution in [2.45, 2.75) is 29.4 Å². The fourth-order valence-electron chi connectivity index (χ4n) is 1.53. The molecule has 0 saturated heterocycles. The molecular weight excluding hydrogens is 202 g/mol. The minimum Gasteiger partial charge on any atom is -0.299 e. The Morgan fingerprint density at radius 1 is 1.69 bits per heavy atom. The molecule has 1 aromatic heterocycles. The van der Waals surface area contributed by atoms with Crippen LogP contribution in [-0.4, -0.2) is 16.0 Å². The smallest absolute Gasteiger partial charge is 0.150 e. The van der Waals surface area contributed by atoms with Crippen molar-refractivity contribution in [3.8, 4) is 0 Å². The van der Waals surface area contributed by atoms with Gasteiger partial charge in [0.05, 0.1) is 0 Å². The summed E-state index contributed by atoms with van der Waals surface area (Å²) in [4.78, 5) is 15.5. The summed E-state index contributed by atoms with van der Waals surface area (Å²) < 4.78 is 1.09. The molecule has 1 heterocycles. The Balaban J connectivity index is 2.00. The number of aromatic nitrogens is 1. The van der Waals surface area contributed by atoms with Crippen LogP contribution >= 0.6 is 23.1 Å². The number of carbonyl (C=O) groups is 1. The standard InChI is InChI=1S/C9H11NOS2/c1-6-7(11)2-3-8(6)13-9-10-4-5-12-9/h4-6,8H,2-3H2,1H3. The van der Waals surface area contributed by atoms with E-state index in [2.05, 4.69) is 4.98 Å². The van der Waals surface area contributed by atoms with E-state index in [0.717, 1.165) is 17.2 Å². The minimum absolute atomic E-state index is 0.217. The molecule has 0 amide bonds. The highest BCUT2D eigenvalue weighted by atomic mass is 32.2. The predicted octanol–water partition coefficient (Wildman–Crippen LogP) is 2.60. The zero-order valence-electron chi connectivity index (χ0n) is 7.40. The fraction of sp³-hybridized carbons (Fsp3) is 0.556. The lowest BCUT2D eigenvalue weighted by Crippen LogP contribution is -2.11. The number of thiazole rings is 1. The average Bonchev–Trinajstić information content (AvgIpc) is 2.71. The number of carbonyl (C=O) groups excluding carboxylic acids is 1. The van der Waals surface area contributed by atoms with Crippen LogP contribution < -0.4 is 0 Å². The van der Waals surface area contributed by atoms with Crippen molar-refractivity contribution in [1.29, 1.82) is 0 Å². The first-order chi connectivity index (χ1) is 6.27. The van der Waals surface area contributed by atoms with E-state index < -0.39 is 0 Å². The molecule has 1 aliphatic rings. The van der Waals surface area contributed by atoms with Gasteiger partial charge in [0.25, 0.3) is 0 Å². The second-order valence-corrected chi connectivity index (χ2v) is 5.63. The van der Waals surface area contributed by atoms with Gasteiger partial charge < -0.3 is 0 Å². The van der Waals surface area contributed by atoms with Crippen molar-refractivity contribution < 1.29 is 4.79 Å². The molecule has 0 bridgehead atoms. The lowest BCUT2D eigenvalue weighted by atomic mass is 10.1. The van der Waals surface area contributed by atoms with Crippen molar-refractivity contribution in [2.24, 2.45) is 5.92 Å². The van der Waals surface area contributed by atoms with E-state index in [1.807, 2.05) is 18.5 Å². The van der Waals surface area contributed by atoms with Crippen LogP contribution in [0.5, 0.6) is 0 Å². The molecule has 0 radical (unpaired) electrons. The van der Waals surface area contributed by atoms with Gasteiger partial charge in [-0.05, 0) is 6.42 Å². The highest BCUT2D eigenvalue weighted by Crippen LogP contribution is 2.37. The number of Topliss-reactive ketones (excluding diaryl/α,β-unsaturated/α-hetero) is 1. The molecular formula is C9H11NOS2. The molecule has 2 unspecified atom stereocenters. The van der Waals surface area contributed by atoms with Crippen molar-refractivity contribution >= 4 is 28.9 Å². The molecule has 0 N–H and O–H groups in total. The number of hydrogen-bond acceptors (Lipinski definition) is 4. The van der Waals surface area contributed by atoms with Crippen LogP contribution in [0, 0.1) is 5.92 Å². The minimum atomic E-state index is 0.217. The van der Waals surface area contributed by atoms with Gasteiger partial charge in [0.2, 0.25) is 0 Å². The molecule has 1 saturated carbocycles. The van der Waals surface area contributed by atoms with E-state index >= 15 is 0 Å². The van der Waals surface area contributed by atoms with Crippen LogP contribution in [-0.2, 0) is 4.79 Å². The summed E-state index contributed by atoms with van der Waals surface area (Å²) in [7, 11) is 0. The zero-order valence-corrected chi connectivity index (χ0v) is 9.03. The zero-order chi connectivity index (χ0) is 9.26. The second kappa shape index (κ2) is 3.80. The monoisotopic (exact) mass is 213 g/mol. The number of hydrogen-bond donors (Lipinski definition) is 0. The van der Waals surface area contributed by atoms with E-state index in [-0.39, 0.29) is 5.92 Å². The number of nitrogens with zero attached hydrogens (tertiary/aromatic N) is 1. The molecule has 4 heteroatoms. The largest absolute Gasteiger partial charge is 0.299 e. The van der Waals surface area contributed by atoms with Gasteiger partial charge in [0, 0.05) is 29.2 Å². The second-order valence-electron chi connectivity index (χ2n) is 3.25. The summed E-state index contributed by atoms with van der Waals surface area (Å²) >= 11 is 3.41. The predicted molar refractivity (Wildman–Crippen MR) is 55.2 cm³/mol. The number of ketones is 1. The Morgan fingerprint density at radius 3 is 3.08 bits per heavy atom. The van der Waals surface area contributed by atoms with Gasteiger partial charge in [-0.25, -0.2) is 4.98 Å². The third-order valence-corrected chi connectivity index (χ3v) is 4.80. The maximum atomic E-state index is 11.3. The third-order valence-electron chi connectivity index (χ3n) is 2.40. The van der Waals surface area contributed by atoms with Crippen molar-refractivity contribution in [2.75, 3.05) is 0 Å². The lowest BCUT2D eigenvalue weighted by Gasteiger charge is -2.10. The summed E-state index contributed by atoms with van der Waals surface area (Å²) in [6.07, 6.45) is 3.59. The SMILES string of the molecule is CC1C(=O)CCC1Sc1nccs1. The van der Waals surface area contributed by atoms with Gasteiger partial charge in [0.1, 0.15) is 10.1 Å².